The van der Waals surface area contributed by atoms with Gasteiger partial charge in [0.05, 0.1) is 5.70 Å². The van der Waals surface area contributed by atoms with Gasteiger partial charge in [-0.25, -0.2) is 5.84 Å². The van der Waals surface area contributed by atoms with E-state index in [1.807, 2.05) is 30.3 Å². The summed E-state index contributed by atoms with van der Waals surface area (Å²) in [7, 11) is 0. The zero-order valence-electron chi connectivity index (χ0n) is 13.5. The summed E-state index contributed by atoms with van der Waals surface area (Å²) in [4.78, 5) is 0. The molecule has 4 heteroatoms. The van der Waals surface area contributed by atoms with Crippen molar-refractivity contribution in [2.24, 2.45) is 17.5 Å². The highest BCUT2D eigenvalue weighted by atomic mass is 15.2. The van der Waals surface area contributed by atoms with E-state index >= 15 is 0 Å². The second-order valence-corrected chi connectivity index (χ2v) is 5.92. The Bertz CT molecular complexity index is 719. The number of nitrogens with one attached hydrogen (secondary N) is 1. The Hall–Kier alpha value is -2.77. The van der Waals surface area contributed by atoms with Gasteiger partial charge < -0.3 is 11.2 Å². The largest absolute Gasteiger partial charge is 0.396 e. The molecule has 5 N–H and O–H groups in total. The molecule has 2 aromatic carbocycles. The lowest BCUT2D eigenvalue weighted by Crippen LogP contribution is -2.23. The molecule has 0 unspecified atom stereocenters. The summed E-state index contributed by atoms with van der Waals surface area (Å²) in [5.41, 5.74) is 13.1. The van der Waals surface area contributed by atoms with Crippen LogP contribution in [0.25, 0.3) is 16.8 Å². The molecule has 0 radical (unpaired) electrons. The molecule has 0 aliphatic heterocycles. The van der Waals surface area contributed by atoms with Crippen molar-refractivity contribution in [2.45, 2.75) is 20.3 Å². The molecule has 4 nitrogen and oxygen atoms in total. The number of nitrogens with zero attached hydrogens (tertiary/aromatic N) is 1. The summed E-state index contributed by atoms with van der Waals surface area (Å²) >= 11 is 0. The lowest BCUT2D eigenvalue weighted by molar-refractivity contribution is 0.647. The highest BCUT2D eigenvalue weighted by Crippen LogP contribution is 2.23. The maximum atomic E-state index is 8.95. The normalized spacial score (nSPS) is 11.8. The van der Waals surface area contributed by atoms with Gasteiger partial charge >= 0.3 is 0 Å². The average Bonchev–Trinajstić information content (AvgIpc) is 2.56. The van der Waals surface area contributed by atoms with E-state index in [-0.39, 0.29) is 5.70 Å². The molecule has 0 saturated carbocycles. The molecule has 118 valence electrons. The number of hydrogen-bond donors (Lipinski definition) is 3. The van der Waals surface area contributed by atoms with Crippen LogP contribution in [-0.4, -0.2) is 0 Å². The van der Waals surface area contributed by atoms with Crippen molar-refractivity contribution in [3.05, 3.63) is 65.4 Å². The van der Waals surface area contributed by atoms with E-state index in [1.165, 1.54) is 5.56 Å². The fourth-order valence-electron chi connectivity index (χ4n) is 2.46. The molecule has 0 amide bonds. The average molecular weight is 306 g/mol. The molecule has 0 atom stereocenters. The maximum Gasteiger partial charge on any atom is 0.151 e. The Balaban J connectivity index is 2.23. The predicted octanol–water partition coefficient (Wildman–Crippen LogP) is 3.17. The number of nitrogens with two attached hydrogens (primary N) is 2. The third kappa shape index (κ3) is 4.12. The van der Waals surface area contributed by atoms with Crippen LogP contribution in [0.1, 0.15) is 25.0 Å². The highest BCUT2D eigenvalue weighted by molar-refractivity contribution is 5.72. The Morgan fingerprint density at radius 3 is 2.00 bits per heavy atom. The summed E-state index contributed by atoms with van der Waals surface area (Å²) < 4.78 is 0. The quantitative estimate of drug-likeness (QED) is 0.450. The van der Waals surface area contributed by atoms with Gasteiger partial charge in [0.15, 0.2) is 5.70 Å². The minimum Gasteiger partial charge on any atom is -0.396 e. The standard InChI is InChI=1S/C19H22N4/c1-13(2)11-14-3-5-15(6-4-14)16-7-9-17(10-8-16)19(21)18(12-20)23-22/h3-10,13,23H,11,21-22H2,1-2H3/b19-18-. The van der Waals surface area contributed by atoms with Crippen molar-refractivity contribution in [3.8, 4) is 17.2 Å². The van der Waals surface area contributed by atoms with E-state index in [1.54, 1.807) is 0 Å². The zero-order valence-corrected chi connectivity index (χ0v) is 13.5. The lowest BCUT2D eigenvalue weighted by atomic mass is 9.98. The summed E-state index contributed by atoms with van der Waals surface area (Å²) in [6, 6.07) is 18.3. The van der Waals surface area contributed by atoms with Crippen LogP contribution in [0.5, 0.6) is 0 Å². The number of allylic oxidation sites excluding steroid dienone is 1. The zero-order chi connectivity index (χ0) is 16.8. The third-order valence-corrected chi connectivity index (χ3v) is 3.65. The first kappa shape index (κ1) is 16.6. The van der Waals surface area contributed by atoms with Crippen molar-refractivity contribution < 1.29 is 0 Å². The van der Waals surface area contributed by atoms with Crippen LogP contribution in [0.15, 0.2) is 54.2 Å². The number of hydrogen-bond acceptors (Lipinski definition) is 4. The number of benzene rings is 2. The summed E-state index contributed by atoms with van der Waals surface area (Å²) in [6.45, 7) is 4.44. The second-order valence-electron chi connectivity index (χ2n) is 5.92. The molecule has 0 aliphatic carbocycles. The second kappa shape index (κ2) is 7.48. The fraction of sp³-hybridized carbons (Fsp3) is 0.211. The van der Waals surface area contributed by atoms with E-state index < -0.39 is 0 Å². The van der Waals surface area contributed by atoms with Gasteiger partial charge in [-0.1, -0.05) is 62.4 Å². The van der Waals surface area contributed by atoms with E-state index in [2.05, 4.69) is 43.5 Å². The number of hydrazine groups is 1. The van der Waals surface area contributed by atoms with E-state index in [9.17, 15) is 0 Å². The highest BCUT2D eigenvalue weighted by Gasteiger charge is 2.05. The van der Waals surface area contributed by atoms with Crippen LogP contribution in [0, 0.1) is 17.2 Å². The molecule has 0 bridgehead atoms. The van der Waals surface area contributed by atoms with Crippen molar-refractivity contribution >= 4 is 5.70 Å². The Kier molecular flexibility index (Phi) is 5.40. The van der Waals surface area contributed by atoms with Gasteiger partial charge in [-0.15, -0.1) is 0 Å². The smallest absolute Gasteiger partial charge is 0.151 e. The first-order chi connectivity index (χ1) is 11.0. The van der Waals surface area contributed by atoms with E-state index in [0.717, 1.165) is 23.1 Å². The predicted molar refractivity (Wildman–Crippen MR) is 94.5 cm³/mol. The van der Waals surface area contributed by atoms with Crippen molar-refractivity contribution in [1.82, 2.24) is 5.43 Å². The summed E-state index contributed by atoms with van der Waals surface area (Å²) in [5.74, 6) is 5.93. The first-order valence-electron chi connectivity index (χ1n) is 7.61. The fourth-order valence-corrected chi connectivity index (χ4v) is 2.46. The topological polar surface area (TPSA) is 87.9 Å². The summed E-state index contributed by atoms with van der Waals surface area (Å²) in [5, 5.41) is 8.95. The van der Waals surface area contributed by atoms with Gasteiger partial charge in [0.2, 0.25) is 0 Å². The van der Waals surface area contributed by atoms with Gasteiger partial charge in [-0.05, 0) is 29.0 Å². The SMILES string of the molecule is CC(C)Cc1ccc(-c2ccc(/C(N)=C(\C#N)NN)cc2)cc1. The Morgan fingerprint density at radius 2 is 1.57 bits per heavy atom. The minimum absolute atomic E-state index is 0.163. The molecule has 0 saturated heterocycles. The molecule has 0 heterocycles. The molecular weight excluding hydrogens is 284 g/mol. The lowest BCUT2D eigenvalue weighted by Gasteiger charge is -2.09. The first-order valence-corrected chi connectivity index (χ1v) is 7.61. The molecular formula is C19H22N4. The molecule has 0 aromatic heterocycles. The van der Waals surface area contributed by atoms with Crippen LogP contribution in [0.3, 0.4) is 0 Å². The number of nitriles is 1. The molecule has 0 fully saturated rings. The molecule has 0 aliphatic rings. The van der Waals surface area contributed by atoms with Crippen molar-refractivity contribution in [3.63, 3.8) is 0 Å². The summed E-state index contributed by atoms with van der Waals surface area (Å²) in [6.07, 6.45) is 1.09. The van der Waals surface area contributed by atoms with Crippen molar-refractivity contribution in [1.29, 1.82) is 5.26 Å². The Labute approximate surface area is 137 Å². The van der Waals surface area contributed by atoms with Crippen LogP contribution in [0.2, 0.25) is 0 Å². The molecule has 2 aromatic rings. The van der Waals surface area contributed by atoms with Crippen LogP contribution in [0.4, 0.5) is 0 Å². The van der Waals surface area contributed by atoms with Gasteiger partial charge in [-0.2, -0.15) is 5.26 Å². The maximum absolute atomic E-state index is 8.95. The van der Waals surface area contributed by atoms with Crippen LogP contribution >= 0.6 is 0 Å². The van der Waals surface area contributed by atoms with E-state index in [4.69, 9.17) is 16.8 Å². The van der Waals surface area contributed by atoms with Gasteiger partial charge in [0.25, 0.3) is 0 Å². The van der Waals surface area contributed by atoms with Crippen molar-refractivity contribution in [2.75, 3.05) is 0 Å². The number of rotatable bonds is 5. The molecule has 23 heavy (non-hydrogen) atoms. The van der Waals surface area contributed by atoms with Crippen LogP contribution < -0.4 is 17.0 Å². The van der Waals surface area contributed by atoms with Gasteiger partial charge in [0, 0.05) is 5.56 Å². The monoisotopic (exact) mass is 306 g/mol. The Morgan fingerprint density at radius 1 is 1.04 bits per heavy atom. The van der Waals surface area contributed by atoms with E-state index in [0.29, 0.717) is 11.6 Å². The van der Waals surface area contributed by atoms with Gasteiger partial charge in [-0.3, -0.25) is 0 Å². The molecule has 2 rings (SSSR count). The van der Waals surface area contributed by atoms with Crippen LogP contribution in [-0.2, 0) is 6.42 Å². The minimum atomic E-state index is 0.163. The molecule has 0 spiro atoms. The third-order valence-electron chi connectivity index (χ3n) is 3.65. The van der Waals surface area contributed by atoms with Gasteiger partial charge in [0.1, 0.15) is 6.07 Å².